The summed E-state index contributed by atoms with van der Waals surface area (Å²) in [5.41, 5.74) is 1.54. The zero-order valence-electron chi connectivity index (χ0n) is 16.6. The summed E-state index contributed by atoms with van der Waals surface area (Å²) in [4.78, 5) is 38.8. The Kier molecular flexibility index (Phi) is 5.58. The van der Waals surface area contributed by atoms with Gasteiger partial charge in [-0.2, -0.15) is 8.78 Å². The lowest BCUT2D eigenvalue weighted by Crippen LogP contribution is -2.44. The van der Waals surface area contributed by atoms with Crippen molar-refractivity contribution in [2.75, 3.05) is 13.1 Å². The predicted octanol–water partition coefficient (Wildman–Crippen LogP) is 2.34. The fraction of sp³-hybridized carbons (Fsp3) is 0.318. The molecular formula is C22H21F2N3O4. The van der Waals surface area contributed by atoms with Crippen molar-refractivity contribution < 1.29 is 27.9 Å². The number of alkyl halides is 2. The first-order valence-corrected chi connectivity index (χ1v) is 9.92. The minimum Gasteiger partial charge on any atom is -0.435 e. The normalized spacial score (nSPS) is 19.6. The zero-order valence-corrected chi connectivity index (χ0v) is 16.6. The highest BCUT2D eigenvalue weighted by molar-refractivity contribution is 6.09. The van der Waals surface area contributed by atoms with E-state index >= 15 is 0 Å². The third kappa shape index (κ3) is 4.08. The molecule has 1 aliphatic carbocycles. The van der Waals surface area contributed by atoms with E-state index in [4.69, 9.17) is 0 Å². The zero-order chi connectivity index (χ0) is 22.0. The molecule has 0 bridgehead atoms. The molecule has 0 aromatic heterocycles. The second-order valence-electron chi connectivity index (χ2n) is 7.51. The lowest BCUT2D eigenvalue weighted by atomic mass is 9.92. The smallest absolute Gasteiger partial charge is 0.387 e. The first-order valence-electron chi connectivity index (χ1n) is 9.92. The van der Waals surface area contributed by atoms with E-state index in [1.807, 2.05) is 24.3 Å². The topological polar surface area (TPSA) is 87.7 Å². The Balaban J connectivity index is 1.31. The van der Waals surface area contributed by atoms with Crippen LogP contribution in [0.25, 0.3) is 0 Å². The summed E-state index contributed by atoms with van der Waals surface area (Å²) in [6.45, 7) is -2.98. The molecule has 9 heteroatoms. The number of aryl methyl sites for hydroxylation is 1. The highest BCUT2D eigenvalue weighted by Crippen LogP contribution is 2.41. The summed E-state index contributed by atoms with van der Waals surface area (Å²) in [6.07, 6.45) is 1.61. The summed E-state index contributed by atoms with van der Waals surface area (Å²) in [5, 5.41) is 5.46. The van der Waals surface area contributed by atoms with Gasteiger partial charge in [0, 0.05) is 6.54 Å². The summed E-state index contributed by atoms with van der Waals surface area (Å²) >= 11 is 0. The van der Waals surface area contributed by atoms with Gasteiger partial charge in [0.1, 0.15) is 17.8 Å². The summed E-state index contributed by atoms with van der Waals surface area (Å²) in [7, 11) is 0. The Morgan fingerprint density at radius 3 is 2.65 bits per heavy atom. The molecule has 2 N–H and O–H groups in total. The summed E-state index contributed by atoms with van der Waals surface area (Å²) in [6, 6.07) is 13.0. The molecule has 4 amide bonds. The number of imide groups is 1. The fourth-order valence-corrected chi connectivity index (χ4v) is 4.12. The number of amides is 4. The average molecular weight is 429 g/mol. The quantitative estimate of drug-likeness (QED) is 0.662. The van der Waals surface area contributed by atoms with Gasteiger partial charge in [-0.15, -0.1) is 0 Å². The second kappa shape index (κ2) is 8.33. The van der Waals surface area contributed by atoms with Crippen LogP contribution in [0.1, 0.15) is 23.1 Å². The van der Waals surface area contributed by atoms with Gasteiger partial charge < -0.3 is 15.4 Å². The van der Waals surface area contributed by atoms with Crippen molar-refractivity contribution in [3.05, 3.63) is 65.2 Å². The molecule has 7 nitrogen and oxygen atoms in total. The monoisotopic (exact) mass is 429 g/mol. The molecule has 162 valence electrons. The molecule has 0 saturated carbocycles. The number of hydrogen-bond acceptors (Lipinski definition) is 4. The van der Waals surface area contributed by atoms with Crippen LogP contribution >= 0.6 is 0 Å². The van der Waals surface area contributed by atoms with Crippen LogP contribution < -0.4 is 15.4 Å². The Labute approximate surface area is 177 Å². The van der Waals surface area contributed by atoms with Gasteiger partial charge in [0.25, 0.3) is 5.91 Å². The molecule has 1 aliphatic heterocycles. The molecule has 2 aliphatic rings. The van der Waals surface area contributed by atoms with E-state index in [-0.39, 0.29) is 18.8 Å². The molecule has 1 spiro atoms. The molecule has 1 saturated heterocycles. The van der Waals surface area contributed by atoms with E-state index in [1.54, 1.807) is 12.1 Å². The van der Waals surface area contributed by atoms with E-state index in [0.29, 0.717) is 19.3 Å². The van der Waals surface area contributed by atoms with Gasteiger partial charge in [0.05, 0.1) is 0 Å². The highest BCUT2D eigenvalue weighted by Gasteiger charge is 2.55. The maximum atomic E-state index is 13.0. The van der Waals surface area contributed by atoms with Crippen LogP contribution in [0.15, 0.2) is 48.5 Å². The van der Waals surface area contributed by atoms with Crippen LogP contribution in [0.3, 0.4) is 0 Å². The largest absolute Gasteiger partial charge is 0.435 e. The third-order valence-electron chi connectivity index (χ3n) is 5.61. The van der Waals surface area contributed by atoms with Crippen molar-refractivity contribution >= 4 is 17.8 Å². The van der Waals surface area contributed by atoms with Gasteiger partial charge >= 0.3 is 12.6 Å². The Hall–Kier alpha value is -3.49. The molecular weight excluding hydrogens is 408 g/mol. The SMILES string of the molecule is O=C(CN1C(=O)NC2(CCc3ccccc32)C1=O)NCCc1ccc(OC(F)F)cc1. The molecule has 31 heavy (non-hydrogen) atoms. The Morgan fingerprint density at radius 2 is 1.90 bits per heavy atom. The number of urea groups is 1. The van der Waals surface area contributed by atoms with Crippen LogP contribution in [0.4, 0.5) is 13.6 Å². The number of fused-ring (bicyclic) bond motifs is 2. The molecule has 4 rings (SSSR count). The standard InChI is InChI=1S/C22H21F2N3O4/c23-20(24)31-16-7-5-14(6-8-16)10-12-25-18(28)13-27-19(29)22(26-21(27)30)11-9-15-3-1-2-4-17(15)22/h1-8,20H,9-13H2,(H,25,28)(H,26,30). The maximum Gasteiger partial charge on any atom is 0.387 e. The van der Waals surface area contributed by atoms with E-state index in [0.717, 1.165) is 21.6 Å². The molecule has 1 unspecified atom stereocenters. The van der Waals surface area contributed by atoms with Gasteiger partial charge in [0.2, 0.25) is 5.91 Å². The van der Waals surface area contributed by atoms with Gasteiger partial charge in [-0.25, -0.2) is 4.79 Å². The Bertz CT molecular complexity index is 1010. The number of carbonyl (C=O) groups excluding carboxylic acids is 3. The molecule has 2 aromatic carbocycles. The predicted molar refractivity (Wildman–Crippen MR) is 106 cm³/mol. The Morgan fingerprint density at radius 1 is 1.16 bits per heavy atom. The van der Waals surface area contributed by atoms with Gasteiger partial charge in [-0.1, -0.05) is 36.4 Å². The van der Waals surface area contributed by atoms with Gasteiger partial charge in [-0.3, -0.25) is 14.5 Å². The minimum atomic E-state index is -2.88. The second-order valence-corrected chi connectivity index (χ2v) is 7.51. The molecule has 1 heterocycles. The first-order chi connectivity index (χ1) is 14.9. The minimum absolute atomic E-state index is 0.0590. The third-order valence-corrected chi connectivity index (χ3v) is 5.61. The lowest BCUT2D eigenvalue weighted by Gasteiger charge is -2.22. The van der Waals surface area contributed by atoms with Crippen molar-refractivity contribution in [2.24, 2.45) is 0 Å². The number of carbonyl (C=O) groups is 3. The van der Waals surface area contributed by atoms with Crippen molar-refractivity contribution in [2.45, 2.75) is 31.4 Å². The van der Waals surface area contributed by atoms with Crippen LogP contribution in [0.5, 0.6) is 5.75 Å². The molecule has 2 aromatic rings. The van der Waals surface area contributed by atoms with Crippen molar-refractivity contribution in [3.8, 4) is 5.75 Å². The van der Waals surface area contributed by atoms with E-state index in [9.17, 15) is 23.2 Å². The number of benzene rings is 2. The molecule has 1 fully saturated rings. The van der Waals surface area contributed by atoms with E-state index < -0.39 is 30.0 Å². The van der Waals surface area contributed by atoms with Crippen LogP contribution in [-0.2, 0) is 28.0 Å². The first kappa shape index (κ1) is 20.8. The van der Waals surface area contributed by atoms with Crippen molar-refractivity contribution in [1.82, 2.24) is 15.5 Å². The van der Waals surface area contributed by atoms with Gasteiger partial charge in [-0.05, 0) is 48.1 Å². The number of hydrogen-bond donors (Lipinski definition) is 2. The van der Waals surface area contributed by atoms with Gasteiger partial charge in [0.15, 0.2) is 0 Å². The molecule has 1 atom stereocenters. The van der Waals surface area contributed by atoms with E-state index in [2.05, 4.69) is 15.4 Å². The summed E-state index contributed by atoms with van der Waals surface area (Å²) < 4.78 is 28.6. The maximum absolute atomic E-state index is 13.0. The number of rotatable bonds is 7. The van der Waals surface area contributed by atoms with Crippen LogP contribution in [0.2, 0.25) is 0 Å². The van der Waals surface area contributed by atoms with Crippen molar-refractivity contribution in [1.29, 1.82) is 0 Å². The average Bonchev–Trinajstić information content (AvgIpc) is 3.22. The molecule has 0 radical (unpaired) electrons. The van der Waals surface area contributed by atoms with E-state index in [1.165, 1.54) is 12.1 Å². The lowest BCUT2D eigenvalue weighted by molar-refractivity contribution is -0.135. The fourth-order valence-electron chi connectivity index (χ4n) is 4.12. The van der Waals surface area contributed by atoms with Crippen LogP contribution in [-0.4, -0.2) is 42.4 Å². The highest BCUT2D eigenvalue weighted by atomic mass is 19.3. The van der Waals surface area contributed by atoms with Crippen molar-refractivity contribution in [3.63, 3.8) is 0 Å². The summed E-state index contributed by atoms with van der Waals surface area (Å²) in [5.74, 6) is -0.805. The number of nitrogens with zero attached hydrogens (tertiary/aromatic N) is 1. The number of nitrogens with one attached hydrogen (secondary N) is 2. The van der Waals surface area contributed by atoms with Crippen LogP contribution in [0, 0.1) is 0 Å². The number of ether oxygens (including phenoxy) is 1. The number of halogens is 2.